The maximum absolute atomic E-state index is 0. The van der Waals surface area contributed by atoms with Crippen LogP contribution in [0.4, 0.5) is 0 Å². The number of hydrogen-bond acceptors (Lipinski definition) is 0. The zero-order valence-electron chi connectivity index (χ0n) is 2.54. The third-order valence-corrected chi connectivity index (χ3v) is 0. The van der Waals surface area contributed by atoms with Gasteiger partial charge in [0, 0.05) is 0 Å². The van der Waals surface area contributed by atoms with Gasteiger partial charge in [-0.05, 0) is 0 Å². The molecule has 0 aliphatic rings. The van der Waals surface area contributed by atoms with Crippen molar-refractivity contribution in [1.29, 1.82) is 0 Å². The molecule has 6 heteroatoms. The Balaban J connectivity index is 0. The van der Waals surface area contributed by atoms with Crippen molar-refractivity contribution in [3.05, 3.63) is 0 Å². The smallest absolute Gasteiger partial charge is 2.00 e. The van der Waals surface area contributed by atoms with Gasteiger partial charge in [0.1, 0.15) is 0 Å². The molecular weight excluding hydrogens is 224 g/mol. The molecule has 0 saturated heterocycles. The molecule has 41 valence electrons. The van der Waals surface area contributed by atoms with Crippen molar-refractivity contribution in [3.63, 3.8) is 0 Å². The molecule has 0 aromatic heterocycles. The van der Waals surface area contributed by atoms with E-state index < -0.39 is 0 Å². The summed E-state index contributed by atoms with van der Waals surface area (Å²) >= 11 is 0. The van der Waals surface area contributed by atoms with Crippen LogP contribution in [0.25, 0.3) is 0 Å². The molecule has 0 atom stereocenters. The van der Waals surface area contributed by atoms with E-state index in [1.54, 1.807) is 0 Å². The van der Waals surface area contributed by atoms with Gasteiger partial charge in [0.05, 0.1) is 0 Å². The standard InChI is InChI=1S/Nd.5O/q+3;5*-2. The minimum absolute atomic E-state index is 0. The molecule has 0 heterocycles. The SMILES string of the molecule is [Nd+3].[O-2].[O-2].[O-2].[O-2].[O-2]. The maximum Gasteiger partial charge on any atom is 3.00 e. The molecule has 0 saturated carbocycles. The van der Waals surface area contributed by atoms with Crippen molar-refractivity contribution in [2.45, 2.75) is 0 Å². The average Bonchev–Trinajstić information content (AvgIpc) is 0. The molecule has 0 amide bonds. The van der Waals surface area contributed by atoms with Crippen LogP contribution in [0.3, 0.4) is 0 Å². The molecular formula is NdO5-7. The molecule has 1 radical (unpaired) electrons. The Bertz CT molecular complexity index is 3.90. The van der Waals surface area contributed by atoms with Crippen LogP contribution in [0, 0.1) is 40.8 Å². The fraction of sp³-hybridized carbons (Fsp3) is 0. The van der Waals surface area contributed by atoms with Gasteiger partial charge in [0.15, 0.2) is 0 Å². The molecule has 0 N–H and O–H groups in total. The molecule has 0 aromatic carbocycles. The summed E-state index contributed by atoms with van der Waals surface area (Å²) in [6.45, 7) is 0. The maximum atomic E-state index is 0. The van der Waals surface area contributed by atoms with Gasteiger partial charge in [-0.2, -0.15) is 0 Å². The van der Waals surface area contributed by atoms with Gasteiger partial charge < -0.3 is 27.4 Å². The first kappa shape index (κ1) is 204. The Morgan fingerprint density at radius 3 is 0.333 bits per heavy atom. The predicted octanol–water partition coefficient (Wildman–Crippen LogP) is -0.594. The normalized spacial score (nSPS) is 0. The van der Waals surface area contributed by atoms with Gasteiger partial charge in [-0.25, -0.2) is 0 Å². The summed E-state index contributed by atoms with van der Waals surface area (Å²) in [4.78, 5) is 0. The first-order valence-corrected chi connectivity index (χ1v) is 0. The van der Waals surface area contributed by atoms with E-state index in [2.05, 4.69) is 0 Å². The van der Waals surface area contributed by atoms with Crippen molar-refractivity contribution in [1.82, 2.24) is 0 Å². The van der Waals surface area contributed by atoms with E-state index in [4.69, 9.17) is 0 Å². The third kappa shape index (κ3) is 67.0. The van der Waals surface area contributed by atoms with Crippen molar-refractivity contribution in [2.75, 3.05) is 0 Å². The zero-order valence-corrected chi connectivity index (χ0v) is 5.75. The molecule has 0 aliphatic carbocycles. The second kappa shape index (κ2) is 123. The Labute approximate surface area is 67.8 Å². The van der Waals surface area contributed by atoms with Crippen LogP contribution in [0.1, 0.15) is 0 Å². The Hall–Kier alpha value is 1.15. The molecule has 0 rings (SSSR count). The fourth-order valence-electron chi connectivity index (χ4n) is 0. The quantitative estimate of drug-likeness (QED) is 0.518. The van der Waals surface area contributed by atoms with Gasteiger partial charge in [-0.15, -0.1) is 0 Å². The second-order valence-electron chi connectivity index (χ2n) is 0. The van der Waals surface area contributed by atoms with Crippen LogP contribution in [0.15, 0.2) is 0 Å². The monoisotopic (exact) mass is 222 g/mol. The van der Waals surface area contributed by atoms with E-state index >= 15 is 0 Å². The van der Waals surface area contributed by atoms with Crippen molar-refractivity contribution in [2.24, 2.45) is 0 Å². The third-order valence-electron chi connectivity index (χ3n) is 0. The van der Waals surface area contributed by atoms with E-state index in [1.165, 1.54) is 0 Å². The number of rotatable bonds is 0. The van der Waals surface area contributed by atoms with Gasteiger partial charge in [-0.1, -0.05) is 0 Å². The first-order valence-electron chi connectivity index (χ1n) is 0. The van der Waals surface area contributed by atoms with Crippen molar-refractivity contribution >= 4 is 0 Å². The van der Waals surface area contributed by atoms with E-state index in [0.29, 0.717) is 0 Å². The Morgan fingerprint density at radius 1 is 0.333 bits per heavy atom. The molecule has 0 fully saturated rings. The molecule has 5 nitrogen and oxygen atoms in total. The summed E-state index contributed by atoms with van der Waals surface area (Å²) in [7, 11) is 0. The summed E-state index contributed by atoms with van der Waals surface area (Å²) in [6, 6.07) is 0. The van der Waals surface area contributed by atoms with E-state index in [-0.39, 0.29) is 68.2 Å². The average molecular weight is 224 g/mol. The van der Waals surface area contributed by atoms with Crippen LogP contribution >= 0.6 is 0 Å². The molecule has 0 bridgehead atoms. The summed E-state index contributed by atoms with van der Waals surface area (Å²) in [5.41, 5.74) is 0. The predicted molar refractivity (Wildman–Crippen MR) is 3.43 cm³/mol. The van der Waals surface area contributed by atoms with Crippen LogP contribution in [0.2, 0.25) is 0 Å². The van der Waals surface area contributed by atoms with E-state index in [9.17, 15) is 0 Å². The minimum Gasteiger partial charge on any atom is -2.00 e. The Kier molecular flexibility index (Phi) is 4200. The largest absolute Gasteiger partial charge is 3.00 e. The van der Waals surface area contributed by atoms with Crippen LogP contribution in [0.5, 0.6) is 0 Å². The number of hydrogen-bond donors (Lipinski definition) is 0. The van der Waals surface area contributed by atoms with Gasteiger partial charge >= 0.3 is 40.8 Å². The summed E-state index contributed by atoms with van der Waals surface area (Å²) in [6.07, 6.45) is 0. The molecule has 0 aliphatic heterocycles. The van der Waals surface area contributed by atoms with Crippen LogP contribution in [-0.4, -0.2) is 0 Å². The van der Waals surface area contributed by atoms with Crippen LogP contribution in [-0.2, 0) is 27.4 Å². The topological polar surface area (TPSA) is 142 Å². The fourth-order valence-corrected chi connectivity index (χ4v) is 0. The molecule has 6 heavy (non-hydrogen) atoms. The van der Waals surface area contributed by atoms with Crippen molar-refractivity contribution in [3.8, 4) is 0 Å². The summed E-state index contributed by atoms with van der Waals surface area (Å²) in [5, 5.41) is 0. The van der Waals surface area contributed by atoms with Crippen LogP contribution < -0.4 is 0 Å². The Morgan fingerprint density at radius 2 is 0.333 bits per heavy atom. The summed E-state index contributed by atoms with van der Waals surface area (Å²) in [5.74, 6) is 0. The van der Waals surface area contributed by atoms with Gasteiger partial charge in [0.25, 0.3) is 0 Å². The second-order valence-corrected chi connectivity index (χ2v) is 0. The minimum atomic E-state index is 0. The zero-order chi connectivity index (χ0) is 0. The van der Waals surface area contributed by atoms with E-state index in [1.807, 2.05) is 0 Å². The molecule has 0 spiro atoms. The van der Waals surface area contributed by atoms with Crippen molar-refractivity contribution < 1.29 is 68.2 Å². The van der Waals surface area contributed by atoms with Gasteiger partial charge in [-0.3, -0.25) is 0 Å². The molecule has 0 aromatic rings. The summed E-state index contributed by atoms with van der Waals surface area (Å²) < 4.78 is 0. The van der Waals surface area contributed by atoms with E-state index in [0.717, 1.165) is 0 Å². The van der Waals surface area contributed by atoms with Gasteiger partial charge in [0.2, 0.25) is 0 Å². The first-order chi connectivity index (χ1) is 0. The molecule has 0 unspecified atom stereocenters.